The SMILES string of the molecule is CC(=O)O.CCCCCC(C)(C)N. The van der Waals surface area contributed by atoms with Gasteiger partial charge in [-0.05, 0) is 20.3 Å². The molecule has 0 saturated carbocycles. The third-order valence-corrected chi connectivity index (χ3v) is 1.42. The number of carboxylic acid groups (broad SMARTS) is 1. The van der Waals surface area contributed by atoms with E-state index >= 15 is 0 Å². The molecule has 0 radical (unpaired) electrons. The van der Waals surface area contributed by atoms with Crippen LogP contribution in [-0.2, 0) is 4.79 Å². The van der Waals surface area contributed by atoms with Crippen LogP contribution in [-0.4, -0.2) is 16.6 Å². The van der Waals surface area contributed by atoms with Crippen LogP contribution < -0.4 is 5.73 Å². The molecule has 3 heteroatoms. The molecule has 0 fully saturated rings. The van der Waals surface area contributed by atoms with E-state index in [0.29, 0.717) is 0 Å². The molecule has 0 bridgehead atoms. The highest BCUT2D eigenvalue weighted by Gasteiger charge is 2.08. The van der Waals surface area contributed by atoms with Crippen LogP contribution in [0.4, 0.5) is 0 Å². The quantitative estimate of drug-likeness (QED) is 0.667. The van der Waals surface area contributed by atoms with Gasteiger partial charge < -0.3 is 10.8 Å². The summed E-state index contributed by atoms with van der Waals surface area (Å²) in [4.78, 5) is 9.00. The Balaban J connectivity index is 0. The van der Waals surface area contributed by atoms with E-state index in [1.54, 1.807) is 0 Å². The number of hydrogen-bond acceptors (Lipinski definition) is 2. The lowest BCUT2D eigenvalue weighted by Crippen LogP contribution is -2.31. The number of rotatable bonds is 4. The van der Waals surface area contributed by atoms with Crippen LogP contribution in [0.2, 0.25) is 0 Å². The molecule has 0 heterocycles. The van der Waals surface area contributed by atoms with Gasteiger partial charge in [0.05, 0.1) is 0 Å². The number of carbonyl (C=O) groups is 1. The van der Waals surface area contributed by atoms with Crippen LogP contribution in [0.5, 0.6) is 0 Å². The normalized spacial score (nSPS) is 10.2. The van der Waals surface area contributed by atoms with Crippen LogP contribution in [0.3, 0.4) is 0 Å². The van der Waals surface area contributed by atoms with E-state index in [4.69, 9.17) is 15.6 Å². The number of unbranched alkanes of at least 4 members (excludes halogenated alkanes) is 2. The molecule has 0 spiro atoms. The van der Waals surface area contributed by atoms with Gasteiger partial charge in [0.1, 0.15) is 0 Å². The lowest BCUT2D eigenvalue weighted by atomic mass is 9.98. The first kappa shape index (κ1) is 14.9. The van der Waals surface area contributed by atoms with Gasteiger partial charge in [0.25, 0.3) is 5.97 Å². The summed E-state index contributed by atoms with van der Waals surface area (Å²) in [7, 11) is 0. The molecular weight excluding hydrogens is 166 g/mol. The van der Waals surface area contributed by atoms with Gasteiger partial charge in [-0.1, -0.05) is 26.2 Å². The highest BCUT2D eigenvalue weighted by molar-refractivity contribution is 5.62. The van der Waals surface area contributed by atoms with E-state index in [2.05, 4.69) is 20.8 Å². The van der Waals surface area contributed by atoms with Gasteiger partial charge in [0.15, 0.2) is 0 Å². The Labute approximate surface area is 81.3 Å². The molecule has 0 rings (SSSR count). The molecule has 3 nitrogen and oxygen atoms in total. The average Bonchev–Trinajstić information content (AvgIpc) is 1.83. The second-order valence-electron chi connectivity index (χ2n) is 3.96. The predicted molar refractivity (Wildman–Crippen MR) is 55.7 cm³/mol. The Hall–Kier alpha value is -0.570. The smallest absolute Gasteiger partial charge is 0.300 e. The van der Waals surface area contributed by atoms with Gasteiger partial charge in [-0.3, -0.25) is 4.79 Å². The van der Waals surface area contributed by atoms with Crippen molar-refractivity contribution in [2.24, 2.45) is 5.73 Å². The Morgan fingerprint density at radius 1 is 1.38 bits per heavy atom. The van der Waals surface area contributed by atoms with E-state index in [9.17, 15) is 0 Å². The fourth-order valence-corrected chi connectivity index (χ4v) is 0.831. The second kappa shape index (κ2) is 8.05. The van der Waals surface area contributed by atoms with Gasteiger partial charge in [0, 0.05) is 12.5 Å². The summed E-state index contributed by atoms with van der Waals surface area (Å²) < 4.78 is 0. The number of nitrogens with two attached hydrogens (primary N) is 1. The van der Waals surface area contributed by atoms with Crippen molar-refractivity contribution in [1.82, 2.24) is 0 Å². The minimum absolute atomic E-state index is 0.0508. The first-order valence-electron chi connectivity index (χ1n) is 4.78. The molecular formula is C10H23NO2. The van der Waals surface area contributed by atoms with Crippen molar-refractivity contribution in [3.05, 3.63) is 0 Å². The highest BCUT2D eigenvalue weighted by Crippen LogP contribution is 2.09. The standard InChI is InChI=1S/C8H19N.C2H4O2/c1-4-5-6-7-8(2,3)9;1-2(3)4/h4-7,9H2,1-3H3;1H3,(H,3,4). The Bertz CT molecular complexity index is 123. The topological polar surface area (TPSA) is 63.3 Å². The van der Waals surface area contributed by atoms with Gasteiger partial charge in [-0.15, -0.1) is 0 Å². The van der Waals surface area contributed by atoms with Crippen LogP contribution >= 0.6 is 0 Å². The van der Waals surface area contributed by atoms with E-state index in [1.165, 1.54) is 19.3 Å². The lowest BCUT2D eigenvalue weighted by molar-refractivity contribution is -0.134. The molecule has 0 atom stereocenters. The van der Waals surface area contributed by atoms with Gasteiger partial charge in [0.2, 0.25) is 0 Å². The zero-order valence-electron chi connectivity index (χ0n) is 9.26. The minimum atomic E-state index is -0.833. The van der Waals surface area contributed by atoms with Crippen molar-refractivity contribution in [3.8, 4) is 0 Å². The van der Waals surface area contributed by atoms with Crippen molar-refractivity contribution in [1.29, 1.82) is 0 Å². The number of aliphatic carboxylic acids is 1. The maximum Gasteiger partial charge on any atom is 0.300 e. The van der Waals surface area contributed by atoms with E-state index in [1.807, 2.05) is 0 Å². The average molecular weight is 189 g/mol. The lowest BCUT2D eigenvalue weighted by Gasteiger charge is -2.17. The summed E-state index contributed by atoms with van der Waals surface area (Å²) in [5, 5.41) is 7.42. The molecule has 0 aliphatic carbocycles. The van der Waals surface area contributed by atoms with Crippen LogP contribution in [0.25, 0.3) is 0 Å². The van der Waals surface area contributed by atoms with E-state index < -0.39 is 5.97 Å². The summed E-state index contributed by atoms with van der Waals surface area (Å²) in [6, 6.07) is 0. The maximum absolute atomic E-state index is 9.00. The highest BCUT2D eigenvalue weighted by atomic mass is 16.4. The monoisotopic (exact) mass is 189 g/mol. The van der Waals surface area contributed by atoms with E-state index in [0.717, 1.165) is 13.3 Å². The van der Waals surface area contributed by atoms with Crippen molar-refractivity contribution in [2.75, 3.05) is 0 Å². The summed E-state index contributed by atoms with van der Waals surface area (Å²) >= 11 is 0. The first-order chi connectivity index (χ1) is 5.79. The molecule has 0 aromatic carbocycles. The molecule has 0 aliphatic heterocycles. The summed E-state index contributed by atoms with van der Waals surface area (Å²) in [6.07, 6.45) is 5.04. The van der Waals surface area contributed by atoms with Crippen molar-refractivity contribution < 1.29 is 9.90 Å². The fourth-order valence-electron chi connectivity index (χ4n) is 0.831. The number of carboxylic acids is 1. The van der Waals surface area contributed by atoms with Crippen molar-refractivity contribution in [3.63, 3.8) is 0 Å². The molecule has 0 aliphatic rings. The van der Waals surface area contributed by atoms with Crippen LogP contribution in [0.1, 0.15) is 53.4 Å². The minimum Gasteiger partial charge on any atom is -0.481 e. The van der Waals surface area contributed by atoms with Gasteiger partial charge >= 0.3 is 0 Å². The Kier molecular flexibility index (Phi) is 9.24. The van der Waals surface area contributed by atoms with Gasteiger partial charge in [-0.25, -0.2) is 0 Å². The zero-order chi connectivity index (χ0) is 10.9. The largest absolute Gasteiger partial charge is 0.481 e. The summed E-state index contributed by atoms with van der Waals surface area (Å²) in [5.41, 5.74) is 5.83. The Morgan fingerprint density at radius 2 is 1.77 bits per heavy atom. The molecule has 80 valence electrons. The van der Waals surface area contributed by atoms with Crippen molar-refractivity contribution in [2.45, 2.75) is 58.9 Å². The Morgan fingerprint density at radius 3 is 2.00 bits per heavy atom. The molecule has 0 saturated heterocycles. The molecule has 0 unspecified atom stereocenters. The number of hydrogen-bond donors (Lipinski definition) is 2. The summed E-state index contributed by atoms with van der Waals surface area (Å²) in [6.45, 7) is 7.47. The van der Waals surface area contributed by atoms with E-state index in [-0.39, 0.29) is 5.54 Å². The van der Waals surface area contributed by atoms with Crippen molar-refractivity contribution >= 4 is 5.97 Å². The third-order valence-electron chi connectivity index (χ3n) is 1.42. The molecule has 0 aromatic heterocycles. The first-order valence-corrected chi connectivity index (χ1v) is 4.78. The zero-order valence-corrected chi connectivity index (χ0v) is 9.26. The fraction of sp³-hybridized carbons (Fsp3) is 0.900. The summed E-state index contributed by atoms with van der Waals surface area (Å²) in [5.74, 6) is -0.833. The van der Waals surface area contributed by atoms with Crippen LogP contribution in [0.15, 0.2) is 0 Å². The second-order valence-corrected chi connectivity index (χ2v) is 3.96. The maximum atomic E-state index is 9.00. The van der Waals surface area contributed by atoms with Crippen LogP contribution in [0, 0.1) is 0 Å². The molecule has 0 amide bonds. The molecule has 13 heavy (non-hydrogen) atoms. The third kappa shape index (κ3) is 34.5. The molecule has 3 N–H and O–H groups in total. The van der Waals surface area contributed by atoms with Gasteiger partial charge in [-0.2, -0.15) is 0 Å². The molecule has 0 aromatic rings. The predicted octanol–water partition coefficient (Wildman–Crippen LogP) is 2.39.